The van der Waals surface area contributed by atoms with Gasteiger partial charge in [0.15, 0.2) is 18.5 Å². The Hall–Kier alpha value is -5.67. The van der Waals surface area contributed by atoms with Gasteiger partial charge in [-0.1, -0.05) is 98.8 Å². The van der Waals surface area contributed by atoms with Crippen molar-refractivity contribution in [3.05, 3.63) is 132 Å². The second-order valence-electron chi connectivity index (χ2n) is 20.1. The van der Waals surface area contributed by atoms with Crippen LogP contribution in [0.2, 0.25) is 0 Å². The summed E-state index contributed by atoms with van der Waals surface area (Å²) in [7, 11) is 0. The molecule has 0 bridgehead atoms. The number of allylic oxidation sites excluding steroid dienone is 8. The molecule has 4 aromatic rings. The minimum absolute atomic E-state index is 0.0480. The molecule has 17 nitrogen and oxygen atoms in total. The SMILES string of the molecule is CC1(C)C(/C=C/C=C/C=C/C=C2/N(CCC(=O)O)c3ccc4ccccc4c3C2(C)C)=[N+](CCC(=O)O)c2ccc3ccccc3c21.C[C@H]1O[C@H](CO)[C@@H](OC2O[C@H](CO)[C@@H](O)[C@H](O)[C@H]2O)[C@H](O)[C@H]1OCCCN. The second kappa shape index (κ2) is 24.3. The van der Waals surface area contributed by atoms with E-state index in [2.05, 4.69) is 110 Å². The predicted molar refractivity (Wildman–Crippen MR) is 281 cm³/mol. The molecule has 8 rings (SSSR count). The molecular weight excluding hydrogens is 951 g/mol. The molecule has 4 heterocycles. The predicted octanol–water partition coefficient (Wildman–Crippen LogP) is 4.71. The van der Waals surface area contributed by atoms with E-state index in [0.29, 0.717) is 32.7 Å². The van der Waals surface area contributed by atoms with Gasteiger partial charge in [0.05, 0.1) is 31.2 Å². The molecule has 17 heteroatoms. The summed E-state index contributed by atoms with van der Waals surface area (Å²) in [4.78, 5) is 25.2. The third-order valence-corrected chi connectivity index (χ3v) is 14.4. The first kappa shape index (κ1) is 56.1. The fourth-order valence-corrected chi connectivity index (χ4v) is 10.8. The van der Waals surface area contributed by atoms with Crippen LogP contribution in [-0.2, 0) is 39.4 Å². The van der Waals surface area contributed by atoms with Crippen LogP contribution in [0.4, 0.5) is 11.4 Å². The molecule has 2 saturated heterocycles. The highest BCUT2D eigenvalue weighted by Crippen LogP contribution is 2.51. The van der Waals surface area contributed by atoms with Crippen LogP contribution in [0.15, 0.2) is 121 Å². The number of fused-ring (bicyclic) bond motifs is 6. The normalized spacial score (nSPS) is 27.9. The maximum atomic E-state index is 11.5. The number of carboxylic acid groups (broad SMARTS) is 2. The molecule has 1 unspecified atom stereocenters. The van der Waals surface area contributed by atoms with Crippen molar-refractivity contribution in [3.8, 4) is 0 Å². The number of benzene rings is 4. The first-order valence-corrected chi connectivity index (χ1v) is 25.2. The van der Waals surface area contributed by atoms with Gasteiger partial charge in [-0.05, 0) is 79.1 Å². The van der Waals surface area contributed by atoms with Gasteiger partial charge in [0.25, 0.3) is 0 Å². The molecule has 0 saturated carbocycles. The molecular formula is C57H72N3O14+. The van der Waals surface area contributed by atoms with Crippen molar-refractivity contribution >= 4 is 50.6 Å². The summed E-state index contributed by atoms with van der Waals surface area (Å²) in [5, 5.41) is 83.0. The Morgan fingerprint density at radius 3 is 1.99 bits per heavy atom. The molecule has 2 fully saturated rings. The Bertz CT molecular complexity index is 2780. The molecule has 398 valence electrons. The molecule has 10 N–H and O–H groups in total. The van der Waals surface area contributed by atoms with E-state index in [-0.39, 0.29) is 23.7 Å². The molecule has 74 heavy (non-hydrogen) atoms. The molecule has 0 radical (unpaired) electrons. The summed E-state index contributed by atoms with van der Waals surface area (Å²) in [6.45, 7) is 10.9. The van der Waals surface area contributed by atoms with Crippen LogP contribution in [0.3, 0.4) is 0 Å². The molecule has 4 aromatic carbocycles. The smallest absolute Gasteiger partial charge is 0.309 e. The van der Waals surface area contributed by atoms with Crippen LogP contribution in [0.1, 0.15) is 65.0 Å². The average molecular weight is 1020 g/mol. The summed E-state index contributed by atoms with van der Waals surface area (Å²) in [5.41, 5.74) is 11.5. The van der Waals surface area contributed by atoms with Crippen molar-refractivity contribution in [2.24, 2.45) is 5.73 Å². The highest BCUT2D eigenvalue weighted by atomic mass is 16.7. The average Bonchev–Trinajstić information content (AvgIpc) is 3.74. The van der Waals surface area contributed by atoms with Crippen molar-refractivity contribution in [2.75, 3.05) is 44.4 Å². The van der Waals surface area contributed by atoms with Crippen LogP contribution in [-0.4, -0.2) is 164 Å². The molecule has 4 aliphatic rings. The summed E-state index contributed by atoms with van der Waals surface area (Å²) >= 11 is 0. The highest BCUT2D eigenvalue weighted by Gasteiger charge is 2.51. The molecule has 4 aliphatic heterocycles. The Kier molecular flexibility index (Phi) is 18.4. The maximum absolute atomic E-state index is 11.5. The minimum atomic E-state index is -1.63. The van der Waals surface area contributed by atoms with Crippen molar-refractivity contribution < 1.29 is 74.0 Å². The largest absolute Gasteiger partial charge is 0.481 e. The molecule has 0 aliphatic carbocycles. The number of carboxylic acids is 2. The zero-order chi connectivity index (χ0) is 53.5. The lowest BCUT2D eigenvalue weighted by Crippen LogP contribution is -2.64. The highest BCUT2D eigenvalue weighted by molar-refractivity contribution is 6.07. The fraction of sp³-hybridized carbons (Fsp3) is 0.456. The van der Waals surface area contributed by atoms with Gasteiger partial charge in [0, 0.05) is 47.7 Å². The first-order valence-electron chi connectivity index (χ1n) is 25.2. The molecule has 0 spiro atoms. The van der Waals surface area contributed by atoms with E-state index in [1.807, 2.05) is 42.5 Å². The standard InChI is InChI=1S/C41H40N2O4.C16H31NO10/c1-40(2)34(42(26-24-36(44)45)32-22-20-28-14-10-12-16-30(28)38(32)40)18-8-6-5-7-9-19-35-41(3,4)39-31-17-13-11-15-29(31)21-23-33(39)43(35)27-25-37(46)47;1-7-14(24-4-2-3-17)13(23)15(9(6-19)25-7)27-16-12(22)11(21)10(20)8(5-18)26-16/h5-23H,24-27H2,1-4H3,(H-,44,45,46,47);7-16,18-23H,2-6,17H2,1H3/p+1/t;7-,8-,9-,10-,11+,12-,13-,14+,15-,16?/m.1/s1. The number of ether oxygens (including phenoxy) is 4. The third-order valence-electron chi connectivity index (χ3n) is 14.4. The number of aliphatic carboxylic acids is 2. The minimum Gasteiger partial charge on any atom is -0.481 e. The number of hydrogen-bond donors (Lipinski definition) is 9. The van der Waals surface area contributed by atoms with Gasteiger partial charge >= 0.3 is 11.9 Å². The van der Waals surface area contributed by atoms with E-state index in [4.69, 9.17) is 24.7 Å². The summed E-state index contributed by atoms with van der Waals surface area (Å²) in [6.07, 6.45) is 2.82. The summed E-state index contributed by atoms with van der Waals surface area (Å²) in [6, 6.07) is 25.2. The van der Waals surface area contributed by atoms with Gasteiger partial charge in [-0.3, -0.25) is 9.59 Å². The Morgan fingerprint density at radius 2 is 1.34 bits per heavy atom. The Balaban J connectivity index is 0.000000252. The Labute approximate surface area is 431 Å². The lowest BCUT2D eigenvalue weighted by Gasteiger charge is -2.46. The Morgan fingerprint density at radius 1 is 0.716 bits per heavy atom. The number of aliphatic hydroxyl groups excluding tert-OH is 6. The van der Waals surface area contributed by atoms with E-state index < -0.39 is 86.4 Å². The number of anilines is 1. The van der Waals surface area contributed by atoms with Crippen LogP contribution in [0.5, 0.6) is 0 Å². The first-order chi connectivity index (χ1) is 35.4. The van der Waals surface area contributed by atoms with E-state index in [1.165, 1.54) is 32.7 Å². The molecule has 0 amide bonds. The molecule has 0 aromatic heterocycles. The third kappa shape index (κ3) is 11.7. The van der Waals surface area contributed by atoms with Gasteiger partial charge in [0.1, 0.15) is 55.3 Å². The lowest BCUT2D eigenvalue weighted by atomic mass is 9.79. The topological polar surface area (TPSA) is 265 Å². The van der Waals surface area contributed by atoms with Crippen LogP contribution in [0.25, 0.3) is 21.5 Å². The van der Waals surface area contributed by atoms with Gasteiger partial charge in [-0.25, -0.2) is 0 Å². The van der Waals surface area contributed by atoms with E-state index in [0.717, 1.165) is 22.8 Å². The van der Waals surface area contributed by atoms with Gasteiger partial charge in [0.2, 0.25) is 5.69 Å². The number of nitrogens with two attached hydrogens (primary N) is 1. The zero-order valence-electron chi connectivity index (χ0n) is 42.6. The van der Waals surface area contributed by atoms with E-state index in [1.54, 1.807) is 6.92 Å². The van der Waals surface area contributed by atoms with Crippen molar-refractivity contribution in [1.82, 2.24) is 0 Å². The number of hydrogen-bond acceptors (Lipinski definition) is 14. The monoisotopic (exact) mass is 1020 g/mol. The lowest BCUT2D eigenvalue weighted by molar-refractivity contribution is -0.436. The quantitative estimate of drug-likeness (QED) is 0.0371. The van der Waals surface area contributed by atoms with Crippen molar-refractivity contribution in [1.29, 1.82) is 0 Å². The van der Waals surface area contributed by atoms with Gasteiger partial charge in [-0.2, -0.15) is 4.58 Å². The van der Waals surface area contributed by atoms with Gasteiger partial charge in [-0.15, -0.1) is 0 Å². The fourth-order valence-electron chi connectivity index (χ4n) is 10.8. The zero-order valence-corrected chi connectivity index (χ0v) is 42.6. The van der Waals surface area contributed by atoms with Crippen molar-refractivity contribution in [2.45, 2.75) is 126 Å². The summed E-state index contributed by atoms with van der Waals surface area (Å²) in [5.74, 6) is -1.63. The van der Waals surface area contributed by atoms with Crippen molar-refractivity contribution in [3.63, 3.8) is 0 Å². The summed E-state index contributed by atoms with van der Waals surface area (Å²) < 4.78 is 24.3. The van der Waals surface area contributed by atoms with Gasteiger partial charge < -0.3 is 70.4 Å². The maximum Gasteiger partial charge on any atom is 0.309 e. The number of nitrogens with zero attached hydrogens (tertiary/aromatic N) is 2. The van der Waals surface area contributed by atoms with Crippen LogP contribution < -0.4 is 10.6 Å². The number of carbonyl (C=O) groups is 2. The van der Waals surface area contributed by atoms with E-state index in [9.17, 15) is 50.4 Å². The van der Waals surface area contributed by atoms with Crippen LogP contribution >= 0.6 is 0 Å². The second-order valence-corrected chi connectivity index (χ2v) is 20.1. The van der Waals surface area contributed by atoms with E-state index >= 15 is 0 Å². The number of rotatable bonds is 18. The van der Waals surface area contributed by atoms with Crippen LogP contribution in [0, 0.1) is 0 Å². The number of aliphatic hydroxyl groups is 6. The molecule has 10 atom stereocenters.